The van der Waals surface area contributed by atoms with Crippen molar-refractivity contribution in [2.75, 3.05) is 33.5 Å². The first-order chi connectivity index (χ1) is 14.3. The van der Waals surface area contributed by atoms with E-state index >= 15 is 0 Å². The lowest BCUT2D eigenvalue weighted by molar-refractivity contribution is 0.0517. The van der Waals surface area contributed by atoms with E-state index in [2.05, 4.69) is 18.6 Å². The Labute approximate surface area is 179 Å². The molecule has 0 saturated carbocycles. The van der Waals surface area contributed by atoms with Gasteiger partial charge in [0.15, 0.2) is 0 Å². The number of sulfonamides is 1. The molecule has 0 spiro atoms. The molecule has 0 radical (unpaired) electrons. The van der Waals surface area contributed by atoms with E-state index in [1.54, 1.807) is 31.4 Å². The molecular formula is C23H31NO5S. The maximum absolute atomic E-state index is 12.9. The van der Waals surface area contributed by atoms with Gasteiger partial charge in [0.1, 0.15) is 11.5 Å². The van der Waals surface area contributed by atoms with Crippen LogP contribution in [0.25, 0.3) is 0 Å². The Hall–Kier alpha value is -2.09. The van der Waals surface area contributed by atoms with Gasteiger partial charge >= 0.3 is 0 Å². The van der Waals surface area contributed by atoms with Gasteiger partial charge in [0, 0.05) is 25.2 Å². The maximum atomic E-state index is 12.9. The number of benzene rings is 2. The van der Waals surface area contributed by atoms with Crippen LogP contribution in [0.1, 0.15) is 32.3 Å². The molecule has 3 rings (SSSR count). The molecule has 1 fully saturated rings. The second-order valence-electron chi connectivity index (χ2n) is 8.12. The van der Waals surface area contributed by atoms with Crippen LogP contribution in [-0.4, -0.2) is 41.9 Å². The van der Waals surface area contributed by atoms with Crippen molar-refractivity contribution >= 4 is 10.0 Å². The second-order valence-corrected chi connectivity index (χ2v) is 9.89. The summed E-state index contributed by atoms with van der Waals surface area (Å²) >= 11 is 0. The molecule has 164 valence electrons. The summed E-state index contributed by atoms with van der Waals surface area (Å²) in [6.07, 6.45) is 1.51. The van der Waals surface area contributed by atoms with E-state index in [4.69, 9.17) is 14.2 Å². The molecule has 0 aliphatic carbocycles. The quantitative estimate of drug-likeness (QED) is 0.652. The molecule has 0 amide bonds. The van der Waals surface area contributed by atoms with Gasteiger partial charge in [-0.3, -0.25) is 0 Å². The van der Waals surface area contributed by atoms with E-state index in [0.29, 0.717) is 38.0 Å². The van der Waals surface area contributed by atoms with E-state index in [1.807, 2.05) is 24.3 Å². The van der Waals surface area contributed by atoms with Gasteiger partial charge in [-0.25, -0.2) is 13.1 Å². The Kier molecular flexibility index (Phi) is 7.39. The largest absolute Gasteiger partial charge is 0.497 e. The number of ether oxygens (including phenoxy) is 3. The zero-order valence-electron chi connectivity index (χ0n) is 17.9. The molecule has 30 heavy (non-hydrogen) atoms. The van der Waals surface area contributed by atoms with Crippen LogP contribution in [0, 0.1) is 5.92 Å². The maximum Gasteiger partial charge on any atom is 0.240 e. The average Bonchev–Trinajstić information content (AvgIpc) is 2.77. The van der Waals surface area contributed by atoms with Crippen molar-refractivity contribution in [2.24, 2.45) is 5.92 Å². The molecule has 2 aromatic rings. The van der Waals surface area contributed by atoms with E-state index < -0.39 is 10.0 Å². The predicted molar refractivity (Wildman–Crippen MR) is 117 cm³/mol. The number of rotatable bonds is 9. The SMILES string of the molecule is COc1ccc(C2(CNS(=O)(=O)c3ccc(OCC(C)C)cc3)CCOCC2)cc1. The third kappa shape index (κ3) is 5.53. The van der Waals surface area contributed by atoms with E-state index in [1.165, 1.54) is 0 Å². The summed E-state index contributed by atoms with van der Waals surface area (Å²) in [6.45, 7) is 6.26. The highest BCUT2D eigenvalue weighted by atomic mass is 32.2. The molecule has 0 aromatic heterocycles. The van der Waals surface area contributed by atoms with Gasteiger partial charge in [-0.1, -0.05) is 26.0 Å². The molecule has 0 bridgehead atoms. The Morgan fingerprint density at radius 2 is 1.60 bits per heavy atom. The Balaban J connectivity index is 1.74. The number of hydrogen-bond acceptors (Lipinski definition) is 5. The number of nitrogens with one attached hydrogen (secondary N) is 1. The summed E-state index contributed by atoms with van der Waals surface area (Å²) in [5.74, 6) is 1.85. The first-order valence-electron chi connectivity index (χ1n) is 10.3. The zero-order valence-corrected chi connectivity index (χ0v) is 18.7. The minimum atomic E-state index is -3.64. The highest BCUT2D eigenvalue weighted by Gasteiger charge is 2.35. The van der Waals surface area contributed by atoms with Crippen molar-refractivity contribution in [3.05, 3.63) is 54.1 Å². The molecule has 6 nitrogen and oxygen atoms in total. The van der Waals surface area contributed by atoms with Gasteiger partial charge in [-0.05, 0) is 60.7 Å². The zero-order chi connectivity index (χ0) is 21.6. The van der Waals surface area contributed by atoms with Crippen molar-refractivity contribution in [1.82, 2.24) is 4.72 Å². The molecule has 7 heteroatoms. The average molecular weight is 434 g/mol. The molecule has 0 atom stereocenters. The van der Waals surface area contributed by atoms with Crippen molar-refractivity contribution in [3.63, 3.8) is 0 Å². The molecule has 1 aliphatic heterocycles. The Morgan fingerprint density at radius 1 is 1.00 bits per heavy atom. The second kappa shape index (κ2) is 9.81. The Morgan fingerprint density at radius 3 is 2.17 bits per heavy atom. The first-order valence-corrected chi connectivity index (χ1v) is 11.8. The van der Waals surface area contributed by atoms with Crippen LogP contribution >= 0.6 is 0 Å². The predicted octanol–water partition coefficient (Wildman–Crippen LogP) is 3.76. The third-order valence-corrected chi connectivity index (χ3v) is 6.89. The fourth-order valence-electron chi connectivity index (χ4n) is 3.57. The van der Waals surface area contributed by atoms with Crippen LogP contribution in [0.5, 0.6) is 11.5 Å². The van der Waals surface area contributed by atoms with Crippen LogP contribution in [0.2, 0.25) is 0 Å². The number of methoxy groups -OCH3 is 1. The summed E-state index contributed by atoms with van der Waals surface area (Å²) in [6, 6.07) is 14.4. The van der Waals surface area contributed by atoms with Gasteiger partial charge in [-0.15, -0.1) is 0 Å². The van der Waals surface area contributed by atoms with Crippen molar-refractivity contribution in [1.29, 1.82) is 0 Å². The van der Waals surface area contributed by atoms with Gasteiger partial charge < -0.3 is 14.2 Å². The highest BCUT2D eigenvalue weighted by molar-refractivity contribution is 7.89. The fourth-order valence-corrected chi connectivity index (χ4v) is 4.70. The molecule has 2 aromatic carbocycles. The normalized spacial score (nSPS) is 16.4. The minimum Gasteiger partial charge on any atom is -0.497 e. The molecule has 0 unspecified atom stereocenters. The molecule has 1 N–H and O–H groups in total. The van der Waals surface area contributed by atoms with Gasteiger partial charge in [-0.2, -0.15) is 0 Å². The summed E-state index contributed by atoms with van der Waals surface area (Å²) in [5, 5.41) is 0. The van der Waals surface area contributed by atoms with Crippen LogP contribution < -0.4 is 14.2 Å². The monoisotopic (exact) mass is 433 g/mol. The van der Waals surface area contributed by atoms with Crippen LogP contribution in [0.4, 0.5) is 0 Å². The molecule has 1 aliphatic rings. The van der Waals surface area contributed by atoms with E-state index in [9.17, 15) is 8.42 Å². The van der Waals surface area contributed by atoms with Gasteiger partial charge in [0.05, 0.1) is 18.6 Å². The fraction of sp³-hybridized carbons (Fsp3) is 0.478. The van der Waals surface area contributed by atoms with Crippen LogP contribution in [0.3, 0.4) is 0 Å². The summed E-state index contributed by atoms with van der Waals surface area (Å²) in [7, 11) is -2.01. The van der Waals surface area contributed by atoms with E-state index in [-0.39, 0.29) is 10.3 Å². The van der Waals surface area contributed by atoms with E-state index in [0.717, 1.165) is 24.2 Å². The lowest BCUT2D eigenvalue weighted by atomic mass is 9.74. The molecule has 1 heterocycles. The lowest BCUT2D eigenvalue weighted by Crippen LogP contribution is -2.44. The van der Waals surface area contributed by atoms with Crippen molar-refractivity contribution in [2.45, 2.75) is 37.0 Å². The number of hydrogen-bond donors (Lipinski definition) is 1. The van der Waals surface area contributed by atoms with Gasteiger partial charge in [0.2, 0.25) is 10.0 Å². The Bertz CT molecular complexity index is 902. The topological polar surface area (TPSA) is 73.9 Å². The third-order valence-electron chi connectivity index (χ3n) is 5.47. The summed E-state index contributed by atoms with van der Waals surface area (Å²) < 4.78 is 45.1. The molecule has 1 saturated heterocycles. The summed E-state index contributed by atoms with van der Waals surface area (Å²) in [4.78, 5) is 0.233. The van der Waals surface area contributed by atoms with Crippen LogP contribution in [0.15, 0.2) is 53.4 Å². The standard InChI is InChI=1S/C23H31NO5S/c1-18(2)16-29-21-8-10-22(11-9-21)30(25,26)24-17-23(12-14-28-15-13-23)19-4-6-20(27-3)7-5-19/h4-11,18,24H,12-17H2,1-3H3. The van der Waals surface area contributed by atoms with Crippen LogP contribution in [-0.2, 0) is 20.2 Å². The smallest absolute Gasteiger partial charge is 0.240 e. The molecular weight excluding hydrogens is 402 g/mol. The first kappa shape index (κ1) is 22.6. The highest BCUT2D eigenvalue weighted by Crippen LogP contribution is 2.35. The lowest BCUT2D eigenvalue weighted by Gasteiger charge is -2.38. The van der Waals surface area contributed by atoms with Crippen molar-refractivity contribution in [3.8, 4) is 11.5 Å². The minimum absolute atomic E-state index is 0.233. The summed E-state index contributed by atoms with van der Waals surface area (Å²) in [5.41, 5.74) is 0.782. The van der Waals surface area contributed by atoms with Gasteiger partial charge in [0.25, 0.3) is 0 Å². The van der Waals surface area contributed by atoms with Crippen molar-refractivity contribution < 1.29 is 22.6 Å².